The Morgan fingerprint density at radius 3 is 2.70 bits per heavy atom. The lowest BCUT2D eigenvalue weighted by molar-refractivity contribution is 0.616. The third-order valence-electron chi connectivity index (χ3n) is 3.69. The summed E-state index contributed by atoms with van der Waals surface area (Å²) in [5.74, 6) is -0.287. The van der Waals surface area contributed by atoms with Crippen LogP contribution in [0.4, 0.5) is 4.39 Å². The molecule has 20 heavy (non-hydrogen) atoms. The van der Waals surface area contributed by atoms with Crippen molar-refractivity contribution in [3.05, 3.63) is 59.2 Å². The maximum absolute atomic E-state index is 14.2. The fraction of sp³-hybridized carbons (Fsp3) is 0.188. The quantitative estimate of drug-likeness (QED) is 0.776. The van der Waals surface area contributed by atoms with E-state index in [2.05, 4.69) is 4.98 Å². The zero-order valence-electron chi connectivity index (χ0n) is 11.5. The van der Waals surface area contributed by atoms with Crippen LogP contribution >= 0.6 is 0 Å². The van der Waals surface area contributed by atoms with Gasteiger partial charge in [0.2, 0.25) is 0 Å². The van der Waals surface area contributed by atoms with E-state index in [-0.39, 0.29) is 12.4 Å². The Bertz CT molecular complexity index is 790. The Labute approximate surface area is 116 Å². The number of nitrogens with two attached hydrogens (primary N) is 1. The first-order valence-electron chi connectivity index (χ1n) is 6.54. The van der Waals surface area contributed by atoms with Crippen LogP contribution in [-0.2, 0) is 6.54 Å². The van der Waals surface area contributed by atoms with Crippen LogP contribution in [0.3, 0.4) is 0 Å². The van der Waals surface area contributed by atoms with E-state index in [1.54, 1.807) is 17.0 Å². The smallest absolute Gasteiger partial charge is 0.147 e. The van der Waals surface area contributed by atoms with Crippen LogP contribution < -0.4 is 5.73 Å². The minimum atomic E-state index is -0.287. The second kappa shape index (κ2) is 4.72. The van der Waals surface area contributed by atoms with Gasteiger partial charge in [0.25, 0.3) is 0 Å². The third-order valence-corrected chi connectivity index (χ3v) is 3.69. The summed E-state index contributed by atoms with van der Waals surface area (Å²) in [7, 11) is 0. The number of para-hydroxylation sites is 1. The lowest BCUT2D eigenvalue weighted by atomic mass is 10.1. The van der Waals surface area contributed by atoms with E-state index < -0.39 is 0 Å². The van der Waals surface area contributed by atoms with Gasteiger partial charge in [-0.1, -0.05) is 12.1 Å². The molecule has 0 saturated carbocycles. The van der Waals surface area contributed by atoms with Crippen LogP contribution in [0.5, 0.6) is 0 Å². The number of aromatic nitrogens is 2. The van der Waals surface area contributed by atoms with Crippen molar-refractivity contribution < 1.29 is 4.39 Å². The second-order valence-corrected chi connectivity index (χ2v) is 4.99. The van der Waals surface area contributed by atoms with Crippen LogP contribution in [0.25, 0.3) is 16.7 Å². The molecule has 4 heteroatoms. The summed E-state index contributed by atoms with van der Waals surface area (Å²) in [4.78, 5) is 4.37. The molecule has 0 aliphatic carbocycles. The summed E-state index contributed by atoms with van der Waals surface area (Å²) in [6.07, 6.45) is 1.65. The maximum Gasteiger partial charge on any atom is 0.147 e. The summed E-state index contributed by atoms with van der Waals surface area (Å²) in [5, 5.41) is 0. The number of hydrogen-bond acceptors (Lipinski definition) is 2. The number of fused-ring (bicyclic) bond motifs is 1. The van der Waals surface area contributed by atoms with Gasteiger partial charge in [-0.3, -0.25) is 4.57 Å². The van der Waals surface area contributed by atoms with Crippen molar-refractivity contribution in [3.8, 4) is 5.69 Å². The summed E-state index contributed by atoms with van der Waals surface area (Å²) in [6.45, 7) is 4.37. The molecule has 102 valence electrons. The fourth-order valence-electron chi connectivity index (χ4n) is 2.44. The molecule has 0 atom stereocenters. The van der Waals surface area contributed by atoms with E-state index >= 15 is 0 Å². The molecule has 0 radical (unpaired) electrons. The number of benzene rings is 2. The first-order chi connectivity index (χ1) is 9.61. The van der Waals surface area contributed by atoms with Crippen LogP contribution in [-0.4, -0.2) is 9.55 Å². The molecular weight excluding hydrogens is 253 g/mol. The number of rotatable bonds is 2. The topological polar surface area (TPSA) is 43.8 Å². The maximum atomic E-state index is 14.2. The molecule has 2 aromatic carbocycles. The lowest BCUT2D eigenvalue weighted by Gasteiger charge is -2.11. The highest BCUT2D eigenvalue weighted by atomic mass is 19.1. The summed E-state index contributed by atoms with van der Waals surface area (Å²) in [6, 6.07) is 9.01. The number of hydrogen-bond donors (Lipinski definition) is 1. The summed E-state index contributed by atoms with van der Waals surface area (Å²) < 4.78 is 16.0. The lowest BCUT2D eigenvalue weighted by Crippen LogP contribution is -2.06. The van der Waals surface area contributed by atoms with E-state index in [1.165, 1.54) is 11.6 Å². The standard InChI is InChI=1S/C16H16FN3/c1-10-6-14-15(7-11(10)2)20(9-19-14)16-12(8-18)4-3-5-13(16)17/h3-7,9H,8,18H2,1-2H3. The van der Waals surface area contributed by atoms with Crippen molar-refractivity contribution in [2.45, 2.75) is 20.4 Å². The molecule has 0 bridgehead atoms. The van der Waals surface area contributed by atoms with E-state index in [1.807, 2.05) is 32.0 Å². The molecule has 0 saturated heterocycles. The van der Waals surface area contributed by atoms with Crippen LogP contribution in [0.2, 0.25) is 0 Å². The molecule has 2 N–H and O–H groups in total. The van der Waals surface area contributed by atoms with Crippen molar-refractivity contribution >= 4 is 11.0 Å². The van der Waals surface area contributed by atoms with Crippen molar-refractivity contribution in [1.82, 2.24) is 9.55 Å². The van der Waals surface area contributed by atoms with Crippen molar-refractivity contribution in [1.29, 1.82) is 0 Å². The van der Waals surface area contributed by atoms with Gasteiger partial charge in [0.1, 0.15) is 12.1 Å². The monoisotopic (exact) mass is 269 g/mol. The van der Waals surface area contributed by atoms with Gasteiger partial charge < -0.3 is 5.73 Å². The highest BCUT2D eigenvalue weighted by Gasteiger charge is 2.13. The van der Waals surface area contributed by atoms with Gasteiger partial charge in [-0.2, -0.15) is 0 Å². The minimum Gasteiger partial charge on any atom is -0.326 e. The predicted octanol–water partition coefficient (Wildman–Crippen LogP) is 3.24. The Hall–Kier alpha value is -2.20. The highest BCUT2D eigenvalue weighted by molar-refractivity contribution is 5.79. The number of nitrogens with zero attached hydrogens (tertiary/aromatic N) is 2. The average molecular weight is 269 g/mol. The predicted molar refractivity (Wildman–Crippen MR) is 78.4 cm³/mol. The zero-order valence-corrected chi connectivity index (χ0v) is 11.5. The van der Waals surface area contributed by atoms with Crippen molar-refractivity contribution in [2.24, 2.45) is 5.73 Å². The Morgan fingerprint density at radius 1 is 1.20 bits per heavy atom. The van der Waals surface area contributed by atoms with Gasteiger partial charge in [0.05, 0.1) is 16.7 Å². The first kappa shape index (κ1) is 12.8. The van der Waals surface area contributed by atoms with Gasteiger partial charge in [-0.25, -0.2) is 9.37 Å². The van der Waals surface area contributed by atoms with Gasteiger partial charge in [-0.05, 0) is 48.7 Å². The number of aryl methyl sites for hydroxylation is 2. The summed E-state index contributed by atoms with van der Waals surface area (Å²) in [5.41, 5.74) is 11.1. The Kier molecular flexibility index (Phi) is 3.03. The van der Waals surface area contributed by atoms with E-state index in [9.17, 15) is 4.39 Å². The van der Waals surface area contributed by atoms with E-state index in [4.69, 9.17) is 5.73 Å². The molecule has 0 spiro atoms. The SMILES string of the molecule is Cc1cc2ncn(-c3c(F)cccc3CN)c2cc1C. The molecular formula is C16H16FN3. The zero-order chi connectivity index (χ0) is 14.3. The van der Waals surface area contributed by atoms with Crippen LogP contribution in [0.15, 0.2) is 36.7 Å². The number of halogens is 1. The second-order valence-electron chi connectivity index (χ2n) is 4.99. The van der Waals surface area contributed by atoms with E-state index in [0.29, 0.717) is 5.69 Å². The van der Waals surface area contributed by atoms with Crippen LogP contribution in [0, 0.1) is 19.7 Å². The fourth-order valence-corrected chi connectivity index (χ4v) is 2.44. The van der Waals surface area contributed by atoms with Crippen LogP contribution in [0.1, 0.15) is 16.7 Å². The molecule has 0 unspecified atom stereocenters. The molecule has 0 amide bonds. The third kappa shape index (κ3) is 1.89. The first-order valence-corrected chi connectivity index (χ1v) is 6.54. The molecule has 0 aliphatic heterocycles. The molecule has 1 heterocycles. The van der Waals surface area contributed by atoms with Gasteiger partial charge in [-0.15, -0.1) is 0 Å². The largest absolute Gasteiger partial charge is 0.326 e. The number of imidazole rings is 1. The van der Waals surface area contributed by atoms with Crippen molar-refractivity contribution in [3.63, 3.8) is 0 Å². The van der Waals surface area contributed by atoms with Crippen molar-refractivity contribution in [2.75, 3.05) is 0 Å². The van der Waals surface area contributed by atoms with Gasteiger partial charge in [0, 0.05) is 6.54 Å². The molecule has 1 aromatic heterocycles. The molecule has 0 aliphatic rings. The molecule has 3 nitrogen and oxygen atoms in total. The Balaban J connectivity index is 2.33. The molecule has 3 aromatic rings. The highest BCUT2D eigenvalue weighted by Crippen LogP contribution is 2.25. The Morgan fingerprint density at radius 2 is 1.95 bits per heavy atom. The summed E-state index contributed by atoms with van der Waals surface area (Å²) >= 11 is 0. The van der Waals surface area contributed by atoms with Gasteiger partial charge >= 0.3 is 0 Å². The van der Waals surface area contributed by atoms with Gasteiger partial charge in [0.15, 0.2) is 0 Å². The molecule has 0 fully saturated rings. The average Bonchev–Trinajstić information content (AvgIpc) is 2.81. The minimum absolute atomic E-state index is 0.287. The normalized spacial score (nSPS) is 11.2. The molecule has 3 rings (SSSR count). The van der Waals surface area contributed by atoms with E-state index in [0.717, 1.165) is 22.2 Å².